The van der Waals surface area contributed by atoms with Crippen molar-refractivity contribution in [2.75, 3.05) is 7.11 Å². The van der Waals surface area contributed by atoms with Gasteiger partial charge in [-0.1, -0.05) is 12.1 Å². The molecule has 0 N–H and O–H groups in total. The van der Waals surface area contributed by atoms with Crippen molar-refractivity contribution >= 4 is 0 Å². The molecule has 2 unspecified atom stereocenters. The van der Waals surface area contributed by atoms with E-state index in [9.17, 15) is 0 Å². The molecular formula is C14H17NO2. The van der Waals surface area contributed by atoms with E-state index in [1.165, 1.54) is 0 Å². The average Bonchev–Trinajstić information content (AvgIpc) is 2.85. The Balaban J connectivity index is 1.80. The van der Waals surface area contributed by atoms with E-state index in [0.717, 1.165) is 30.6 Å². The summed E-state index contributed by atoms with van der Waals surface area (Å²) in [7, 11) is 1.66. The third-order valence-corrected chi connectivity index (χ3v) is 3.18. The lowest BCUT2D eigenvalue weighted by Gasteiger charge is -2.10. The van der Waals surface area contributed by atoms with Crippen LogP contribution in [0.2, 0.25) is 0 Å². The summed E-state index contributed by atoms with van der Waals surface area (Å²) in [6.07, 6.45) is 3.15. The van der Waals surface area contributed by atoms with Gasteiger partial charge in [-0.25, -0.2) is 6.57 Å². The lowest BCUT2D eigenvalue weighted by Crippen LogP contribution is -2.09. The molecule has 3 heteroatoms. The first-order valence-corrected chi connectivity index (χ1v) is 5.93. The number of nitrogens with zero attached hydrogens (tertiary/aromatic N) is 1. The summed E-state index contributed by atoms with van der Waals surface area (Å²) in [6.45, 7) is 7.61. The fraction of sp³-hybridized carbons (Fsp3) is 0.500. The highest BCUT2D eigenvalue weighted by Crippen LogP contribution is 2.25. The minimum absolute atomic E-state index is 0.177. The highest BCUT2D eigenvalue weighted by atomic mass is 16.5. The van der Waals surface area contributed by atoms with Crippen LogP contribution in [-0.4, -0.2) is 19.3 Å². The average molecular weight is 231 g/mol. The van der Waals surface area contributed by atoms with E-state index < -0.39 is 0 Å². The zero-order valence-electron chi connectivity index (χ0n) is 10.1. The topological polar surface area (TPSA) is 22.8 Å². The molecule has 1 aliphatic carbocycles. The third kappa shape index (κ3) is 3.21. The van der Waals surface area contributed by atoms with Gasteiger partial charge in [0.1, 0.15) is 5.75 Å². The van der Waals surface area contributed by atoms with Crippen LogP contribution in [0.5, 0.6) is 5.75 Å². The van der Waals surface area contributed by atoms with Crippen LogP contribution in [-0.2, 0) is 11.3 Å². The molecule has 0 saturated heterocycles. The van der Waals surface area contributed by atoms with Crippen LogP contribution in [0.1, 0.15) is 24.8 Å². The fourth-order valence-electron chi connectivity index (χ4n) is 2.12. The van der Waals surface area contributed by atoms with E-state index in [-0.39, 0.29) is 12.1 Å². The second-order valence-corrected chi connectivity index (χ2v) is 4.38. The van der Waals surface area contributed by atoms with Crippen LogP contribution in [0, 0.1) is 6.57 Å². The maximum absolute atomic E-state index is 6.99. The van der Waals surface area contributed by atoms with E-state index in [4.69, 9.17) is 16.0 Å². The number of ether oxygens (including phenoxy) is 2. The Morgan fingerprint density at radius 1 is 1.29 bits per heavy atom. The second-order valence-electron chi connectivity index (χ2n) is 4.38. The number of hydrogen-bond donors (Lipinski definition) is 0. The first kappa shape index (κ1) is 11.9. The Morgan fingerprint density at radius 2 is 2.06 bits per heavy atom. The smallest absolute Gasteiger partial charge is 0.226 e. The molecule has 90 valence electrons. The van der Waals surface area contributed by atoms with Gasteiger partial charge in [0.05, 0.1) is 19.8 Å². The normalized spacial score (nSPS) is 23.3. The summed E-state index contributed by atoms with van der Waals surface area (Å²) in [4.78, 5) is 3.57. The van der Waals surface area contributed by atoms with Crippen molar-refractivity contribution in [3.63, 3.8) is 0 Å². The molecule has 0 amide bonds. The van der Waals surface area contributed by atoms with Gasteiger partial charge in [0, 0.05) is 12.8 Å². The van der Waals surface area contributed by atoms with Gasteiger partial charge in [0.2, 0.25) is 6.04 Å². The molecule has 0 bridgehead atoms. The van der Waals surface area contributed by atoms with Crippen molar-refractivity contribution in [2.45, 2.75) is 38.0 Å². The van der Waals surface area contributed by atoms with E-state index in [1.807, 2.05) is 24.3 Å². The molecule has 1 fully saturated rings. The van der Waals surface area contributed by atoms with E-state index in [2.05, 4.69) is 4.85 Å². The first-order valence-electron chi connectivity index (χ1n) is 5.93. The Hall–Kier alpha value is -1.53. The molecule has 0 aromatic heterocycles. The van der Waals surface area contributed by atoms with Crippen LogP contribution in [0.4, 0.5) is 0 Å². The summed E-state index contributed by atoms with van der Waals surface area (Å²) in [5, 5.41) is 0. The van der Waals surface area contributed by atoms with Gasteiger partial charge in [0.25, 0.3) is 0 Å². The standard InChI is InChI=1S/C14H17NO2/c1-15-12-5-8-14(9-12)17-10-11-3-6-13(16-2)7-4-11/h3-4,6-7,12,14H,5,8-10H2,2H3. The lowest BCUT2D eigenvalue weighted by atomic mass is 10.2. The van der Waals surface area contributed by atoms with Crippen molar-refractivity contribution < 1.29 is 9.47 Å². The lowest BCUT2D eigenvalue weighted by molar-refractivity contribution is 0.0454. The van der Waals surface area contributed by atoms with Crippen LogP contribution >= 0.6 is 0 Å². The number of rotatable bonds is 4. The SMILES string of the molecule is [C-]#[N+]C1CCC(OCc2ccc(OC)cc2)C1. The molecule has 1 aromatic rings. The zero-order chi connectivity index (χ0) is 12.1. The molecule has 2 rings (SSSR count). The van der Waals surface area contributed by atoms with E-state index in [0.29, 0.717) is 6.61 Å². The maximum atomic E-state index is 6.99. The highest BCUT2D eigenvalue weighted by Gasteiger charge is 2.28. The van der Waals surface area contributed by atoms with Gasteiger partial charge in [-0.3, -0.25) is 0 Å². The Kier molecular flexibility index (Phi) is 4.00. The molecule has 3 nitrogen and oxygen atoms in total. The summed E-state index contributed by atoms with van der Waals surface area (Å²) < 4.78 is 10.9. The molecular weight excluding hydrogens is 214 g/mol. The van der Waals surface area contributed by atoms with Crippen LogP contribution < -0.4 is 4.74 Å². The largest absolute Gasteiger partial charge is 0.497 e. The number of methoxy groups -OCH3 is 1. The number of benzene rings is 1. The van der Waals surface area contributed by atoms with Crippen LogP contribution in [0.3, 0.4) is 0 Å². The van der Waals surface area contributed by atoms with Gasteiger partial charge in [-0.15, -0.1) is 0 Å². The maximum Gasteiger partial charge on any atom is 0.226 e. The molecule has 1 saturated carbocycles. The van der Waals surface area contributed by atoms with Gasteiger partial charge in [-0.05, 0) is 24.1 Å². The Morgan fingerprint density at radius 3 is 2.65 bits per heavy atom. The second kappa shape index (κ2) is 5.70. The fourth-order valence-corrected chi connectivity index (χ4v) is 2.12. The highest BCUT2D eigenvalue weighted by molar-refractivity contribution is 5.26. The minimum Gasteiger partial charge on any atom is -0.497 e. The first-order chi connectivity index (χ1) is 8.31. The van der Waals surface area contributed by atoms with Gasteiger partial charge in [0.15, 0.2) is 0 Å². The van der Waals surface area contributed by atoms with Gasteiger partial charge < -0.3 is 14.3 Å². The monoisotopic (exact) mass is 231 g/mol. The van der Waals surface area contributed by atoms with Crippen molar-refractivity contribution in [2.24, 2.45) is 0 Å². The molecule has 1 aliphatic rings. The van der Waals surface area contributed by atoms with Crippen LogP contribution in [0.25, 0.3) is 4.85 Å². The summed E-state index contributed by atoms with van der Waals surface area (Å²) >= 11 is 0. The van der Waals surface area contributed by atoms with E-state index in [1.54, 1.807) is 7.11 Å². The van der Waals surface area contributed by atoms with Crippen molar-refractivity contribution in [1.29, 1.82) is 0 Å². The van der Waals surface area contributed by atoms with E-state index >= 15 is 0 Å². The molecule has 2 atom stereocenters. The predicted molar refractivity (Wildman–Crippen MR) is 65.8 cm³/mol. The molecule has 0 heterocycles. The van der Waals surface area contributed by atoms with Crippen molar-refractivity contribution in [3.8, 4) is 5.75 Å². The predicted octanol–water partition coefficient (Wildman–Crippen LogP) is 3.05. The molecule has 0 radical (unpaired) electrons. The molecule has 0 spiro atoms. The Bertz CT molecular complexity index is 394. The van der Waals surface area contributed by atoms with Crippen molar-refractivity contribution in [1.82, 2.24) is 0 Å². The van der Waals surface area contributed by atoms with Crippen LogP contribution in [0.15, 0.2) is 24.3 Å². The molecule has 0 aliphatic heterocycles. The Labute approximate surface area is 102 Å². The third-order valence-electron chi connectivity index (χ3n) is 3.18. The number of hydrogen-bond acceptors (Lipinski definition) is 2. The molecule has 1 aromatic carbocycles. The van der Waals surface area contributed by atoms with Gasteiger partial charge in [-0.2, -0.15) is 0 Å². The molecule has 17 heavy (non-hydrogen) atoms. The zero-order valence-corrected chi connectivity index (χ0v) is 10.1. The van der Waals surface area contributed by atoms with Gasteiger partial charge >= 0.3 is 0 Å². The summed E-state index contributed by atoms with van der Waals surface area (Å²) in [5.74, 6) is 0.864. The van der Waals surface area contributed by atoms with Crippen molar-refractivity contribution in [3.05, 3.63) is 41.2 Å². The quantitative estimate of drug-likeness (QED) is 0.743. The minimum atomic E-state index is 0.177. The summed E-state index contributed by atoms with van der Waals surface area (Å²) in [5.41, 5.74) is 1.15. The summed E-state index contributed by atoms with van der Waals surface area (Å²) in [6, 6.07) is 8.08.